The molecular weight excluding hydrogens is 362 g/mol. The molecule has 28 heavy (non-hydrogen) atoms. The second kappa shape index (κ2) is 9.31. The van der Waals surface area contributed by atoms with E-state index in [-0.39, 0.29) is 5.56 Å². The summed E-state index contributed by atoms with van der Waals surface area (Å²) in [7, 11) is 0. The van der Waals surface area contributed by atoms with Gasteiger partial charge in [0, 0.05) is 11.3 Å². The fourth-order valence-corrected chi connectivity index (χ4v) is 2.46. The van der Waals surface area contributed by atoms with Crippen LogP contribution in [0, 0.1) is 13.8 Å². The van der Waals surface area contributed by atoms with Crippen LogP contribution in [0.15, 0.2) is 41.5 Å². The highest BCUT2D eigenvalue weighted by Gasteiger charge is 2.15. The Bertz CT molecular complexity index is 917. The van der Waals surface area contributed by atoms with E-state index in [1.165, 1.54) is 24.4 Å². The summed E-state index contributed by atoms with van der Waals surface area (Å²) in [5, 5.41) is 17.3. The molecule has 2 N–H and O–H groups in total. The second-order valence-corrected chi connectivity index (χ2v) is 5.89. The number of hydrazone groups is 1. The molecule has 0 atom stereocenters. The van der Waals surface area contributed by atoms with E-state index in [1.807, 2.05) is 32.0 Å². The van der Waals surface area contributed by atoms with Crippen LogP contribution in [0.1, 0.15) is 34.0 Å². The first kappa shape index (κ1) is 20.6. The number of hydrogen-bond donors (Lipinski definition) is 2. The Hall–Kier alpha value is -3.68. The lowest BCUT2D eigenvalue weighted by Gasteiger charge is -2.11. The second-order valence-electron chi connectivity index (χ2n) is 5.89. The van der Waals surface area contributed by atoms with Crippen LogP contribution in [0.4, 0.5) is 5.69 Å². The van der Waals surface area contributed by atoms with Gasteiger partial charge in [-0.2, -0.15) is 5.10 Å². The quantitative estimate of drug-likeness (QED) is 0.441. The minimum absolute atomic E-state index is 0.0657. The van der Waals surface area contributed by atoms with Gasteiger partial charge in [-0.3, -0.25) is 9.59 Å². The van der Waals surface area contributed by atoms with Gasteiger partial charge in [-0.25, -0.2) is 5.43 Å². The van der Waals surface area contributed by atoms with E-state index in [9.17, 15) is 19.5 Å². The van der Waals surface area contributed by atoms with Crippen LogP contribution in [0.2, 0.25) is 0 Å². The number of hydrogen-bond acceptors (Lipinski definition) is 6. The average molecular weight is 382 g/mol. The van der Waals surface area contributed by atoms with Gasteiger partial charge in [0.15, 0.2) is 0 Å². The summed E-state index contributed by atoms with van der Waals surface area (Å²) in [5.41, 5.74) is 4.57. The molecular formula is C20H20N3O5-. The topological polar surface area (TPSA) is 120 Å². The summed E-state index contributed by atoms with van der Waals surface area (Å²) in [6, 6.07) is 9.59. The molecule has 2 aromatic carbocycles. The molecule has 0 heterocycles. The molecule has 0 spiro atoms. The molecule has 2 amide bonds. The van der Waals surface area contributed by atoms with Crippen molar-refractivity contribution in [3.8, 4) is 5.75 Å². The van der Waals surface area contributed by atoms with Gasteiger partial charge in [0.25, 0.3) is 0 Å². The molecule has 0 aromatic heterocycles. The van der Waals surface area contributed by atoms with Gasteiger partial charge < -0.3 is 20.0 Å². The van der Waals surface area contributed by atoms with Gasteiger partial charge in [-0.15, -0.1) is 0 Å². The molecule has 2 aromatic rings. The van der Waals surface area contributed by atoms with Crippen molar-refractivity contribution < 1.29 is 24.2 Å². The zero-order valence-corrected chi connectivity index (χ0v) is 15.7. The van der Waals surface area contributed by atoms with Crippen LogP contribution in [0.5, 0.6) is 5.75 Å². The number of carbonyl (C=O) groups excluding carboxylic acids is 3. The van der Waals surface area contributed by atoms with E-state index in [0.29, 0.717) is 23.6 Å². The predicted octanol–water partition coefficient (Wildman–Crippen LogP) is 1.15. The lowest BCUT2D eigenvalue weighted by Crippen LogP contribution is -2.32. The summed E-state index contributed by atoms with van der Waals surface area (Å²) < 4.78 is 5.39. The first-order valence-electron chi connectivity index (χ1n) is 8.52. The SMILES string of the molecule is CCOc1ccc(C(=O)[O-])cc1/C=N\NC(=O)C(=O)Nc1c(C)cccc1C. The van der Waals surface area contributed by atoms with Crippen molar-refractivity contribution >= 4 is 29.7 Å². The Morgan fingerprint density at radius 2 is 1.79 bits per heavy atom. The van der Waals surface area contributed by atoms with Crippen molar-refractivity contribution in [3.63, 3.8) is 0 Å². The number of benzene rings is 2. The Kier molecular flexibility index (Phi) is 6.86. The largest absolute Gasteiger partial charge is 0.545 e. The molecule has 2 rings (SSSR count). The molecule has 8 nitrogen and oxygen atoms in total. The minimum atomic E-state index is -1.35. The molecule has 0 fully saturated rings. The van der Waals surface area contributed by atoms with Crippen LogP contribution in [0.3, 0.4) is 0 Å². The molecule has 146 valence electrons. The zero-order chi connectivity index (χ0) is 20.7. The standard InChI is InChI=1S/C20H21N3O5/c1-4-28-16-9-8-14(20(26)27)10-15(16)11-21-23-19(25)18(24)22-17-12(2)6-5-7-13(17)3/h5-11H,4H2,1-3H3,(H,22,24)(H,23,25)(H,26,27)/p-1/b21-11-. The first-order valence-corrected chi connectivity index (χ1v) is 8.52. The maximum atomic E-state index is 12.1. The van der Waals surface area contributed by atoms with Crippen molar-refractivity contribution in [2.75, 3.05) is 11.9 Å². The maximum Gasteiger partial charge on any atom is 0.329 e. The van der Waals surface area contributed by atoms with Crippen molar-refractivity contribution in [3.05, 3.63) is 58.7 Å². The van der Waals surface area contributed by atoms with Crippen LogP contribution in [-0.4, -0.2) is 30.6 Å². The first-order chi connectivity index (χ1) is 13.3. The molecule has 8 heteroatoms. The van der Waals surface area contributed by atoms with Crippen LogP contribution in [0.25, 0.3) is 0 Å². The van der Waals surface area contributed by atoms with Gasteiger partial charge in [0.1, 0.15) is 5.75 Å². The van der Waals surface area contributed by atoms with E-state index in [2.05, 4.69) is 15.8 Å². The molecule has 0 aliphatic carbocycles. The van der Waals surface area contributed by atoms with Crippen LogP contribution < -0.4 is 20.6 Å². The number of amides is 2. The number of aromatic carboxylic acids is 1. The number of carboxylic acids is 1. The number of para-hydroxylation sites is 1. The summed E-state index contributed by atoms with van der Waals surface area (Å²) in [4.78, 5) is 35.0. The van der Waals surface area contributed by atoms with Crippen LogP contribution >= 0.6 is 0 Å². The molecule has 0 saturated heterocycles. The fourth-order valence-electron chi connectivity index (χ4n) is 2.46. The Morgan fingerprint density at radius 1 is 1.11 bits per heavy atom. The monoisotopic (exact) mass is 382 g/mol. The number of ether oxygens (including phenoxy) is 1. The maximum absolute atomic E-state index is 12.1. The number of nitrogens with one attached hydrogen (secondary N) is 2. The number of carboxylic acid groups (broad SMARTS) is 1. The third-order valence-corrected chi connectivity index (χ3v) is 3.84. The number of rotatable bonds is 6. The molecule has 0 aliphatic rings. The van der Waals surface area contributed by atoms with E-state index in [0.717, 1.165) is 11.1 Å². The average Bonchev–Trinajstić information content (AvgIpc) is 2.65. The van der Waals surface area contributed by atoms with Gasteiger partial charge in [0.05, 0.1) is 18.8 Å². The lowest BCUT2D eigenvalue weighted by atomic mass is 10.1. The zero-order valence-electron chi connectivity index (χ0n) is 15.7. The molecule has 0 radical (unpaired) electrons. The van der Waals surface area contributed by atoms with Crippen molar-refractivity contribution in [1.82, 2.24) is 5.43 Å². The van der Waals surface area contributed by atoms with E-state index in [4.69, 9.17) is 4.74 Å². The summed E-state index contributed by atoms with van der Waals surface area (Å²) >= 11 is 0. The van der Waals surface area contributed by atoms with Gasteiger partial charge in [-0.05, 0) is 55.7 Å². The lowest BCUT2D eigenvalue weighted by molar-refractivity contribution is -0.255. The van der Waals surface area contributed by atoms with E-state index in [1.54, 1.807) is 6.92 Å². The summed E-state index contributed by atoms with van der Waals surface area (Å²) in [6.07, 6.45) is 1.20. The minimum Gasteiger partial charge on any atom is -0.545 e. The fraction of sp³-hybridized carbons (Fsp3) is 0.200. The number of aryl methyl sites for hydroxylation is 2. The third kappa shape index (κ3) is 5.16. The number of carbonyl (C=O) groups is 3. The normalized spacial score (nSPS) is 10.5. The Labute approximate surface area is 162 Å². The third-order valence-electron chi connectivity index (χ3n) is 3.84. The number of nitrogens with zero attached hydrogens (tertiary/aromatic N) is 1. The Balaban J connectivity index is 2.09. The van der Waals surface area contributed by atoms with E-state index < -0.39 is 17.8 Å². The highest BCUT2D eigenvalue weighted by atomic mass is 16.5. The smallest absolute Gasteiger partial charge is 0.329 e. The highest BCUT2D eigenvalue weighted by Crippen LogP contribution is 2.19. The van der Waals surface area contributed by atoms with Gasteiger partial charge >= 0.3 is 11.8 Å². The summed E-state index contributed by atoms with van der Waals surface area (Å²) in [5.74, 6) is -2.81. The summed E-state index contributed by atoms with van der Waals surface area (Å²) in [6.45, 7) is 5.76. The molecule has 0 unspecified atom stereocenters. The Morgan fingerprint density at radius 3 is 2.39 bits per heavy atom. The van der Waals surface area contributed by atoms with Crippen molar-refractivity contribution in [1.29, 1.82) is 0 Å². The molecule has 0 saturated carbocycles. The highest BCUT2D eigenvalue weighted by molar-refractivity contribution is 6.39. The number of anilines is 1. The van der Waals surface area contributed by atoms with Crippen molar-refractivity contribution in [2.24, 2.45) is 5.10 Å². The van der Waals surface area contributed by atoms with Crippen LogP contribution in [-0.2, 0) is 9.59 Å². The molecule has 0 bridgehead atoms. The molecule has 0 aliphatic heterocycles. The van der Waals surface area contributed by atoms with E-state index >= 15 is 0 Å². The van der Waals surface area contributed by atoms with Gasteiger partial charge in [0.2, 0.25) is 0 Å². The van der Waals surface area contributed by atoms with Gasteiger partial charge in [-0.1, -0.05) is 18.2 Å². The van der Waals surface area contributed by atoms with Crippen molar-refractivity contribution in [2.45, 2.75) is 20.8 Å². The predicted molar refractivity (Wildman–Crippen MR) is 102 cm³/mol.